The molecule has 0 saturated carbocycles. The van der Waals surface area contributed by atoms with Crippen molar-refractivity contribution in [3.63, 3.8) is 0 Å². The summed E-state index contributed by atoms with van der Waals surface area (Å²) in [6, 6.07) is 12.7. The van der Waals surface area contributed by atoms with Crippen LogP contribution in [0.3, 0.4) is 0 Å². The molecule has 0 fully saturated rings. The van der Waals surface area contributed by atoms with Crippen molar-refractivity contribution in [1.29, 1.82) is 0 Å². The van der Waals surface area contributed by atoms with Crippen LogP contribution in [-0.4, -0.2) is 11.6 Å². The van der Waals surface area contributed by atoms with E-state index in [-0.39, 0.29) is 11.7 Å². The third-order valence-electron chi connectivity index (χ3n) is 3.32. The summed E-state index contributed by atoms with van der Waals surface area (Å²) in [6.45, 7) is 15.7. The van der Waals surface area contributed by atoms with Crippen molar-refractivity contribution < 1.29 is 4.39 Å². The fraction of sp³-hybridized carbons (Fsp3) is 0.435. The van der Waals surface area contributed by atoms with Crippen molar-refractivity contribution in [2.24, 2.45) is 10.7 Å². The number of rotatable bonds is 4. The molecule has 152 valence electrons. The SMILES string of the molecule is CC.CC.CC.CC(N)=Nc1ccc(C)cc1C(CS)c1ccccc1F. The summed E-state index contributed by atoms with van der Waals surface area (Å²) in [7, 11) is 0. The zero-order valence-electron chi connectivity index (χ0n) is 18.2. The largest absolute Gasteiger partial charge is 0.387 e. The van der Waals surface area contributed by atoms with Crippen molar-refractivity contribution in [2.75, 3.05) is 5.75 Å². The van der Waals surface area contributed by atoms with Gasteiger partial charge in [0.15, 0.2) is 0 Å². The van der Waals surface area contributed by atoms with Gasteiger partial charge in [0.05, 0.1) is 11.5 Å². The van der Waals surface area contributed by atoms with Gasteiger partial charge in [-0.05, 0) is 37.1 Å². The Morgan fingerprint density at radius 1 is 1.00 bits per heavy atom. The fourth-order valence-corrected chi connectivity index (χ4v) is 2.76. The lowest BCUT2D eigenvalue weighted by Crippen LogP contribution is -2.08. The van der Waals surface area contributed by atoms with Crippen LogP contribution in [0.2, 0.25) is 0 Å². The maximum absolute atomic E-state index is 14.1. The standard InChI is InChI=1S/C17H19FN2S.3C2H6/c1-11-7-8-17(20-12(2)19)14(9-11)15(10-21)13-5-3-4-6-16(13)18;3*1-2/h3-9,15,21H,10H2,1-2H3,(H2,19,20);3*1-2H3. The van der Waals surface area contributed by atoms with Gasteiger partial charge in [-0.3, -0.25) is 0 Å². The Balaban J connectivity index is 0. The Bertz CT molecular complexity index is 665. The lowest BCUT2D eigenvalue weighted by molar-refractivity contribution is 0.604. The summed E-state index contributed by atoms with van der Waals surface area (Å²) in [5.41, 5.74) is 9.14. The molecule has 0 amide bonds. The van der Waals surface area contributed by atoms with E-state index in [9.17, 15) is 4.39 Å². The number of benzene rings is 2. The molecule has 1 unspecified atom stereocenters. The van der Waals surface area contributed by atoms with Gasteiger partial charge in [0.1, 0.15) is 5.82 Å². The summed E-state index contributed by atoms with van der Waals surface area (Å²) in [6.07, 6.45) is 0. The minimum Gasteiger partial charge on any atom is -0.387 e. The molecular formula is C23H37FN2S. The number of aryl methyl sites for hydroxylation is 1. The van der Waals surface area contributed by atoms with E-state index in [4.69, 9.17) is 5.73 Å². The van der Waals surface area contributed by atoms with E-state index in [1.165, 1.54) is 6.07 Å². The minimum absolute atomic E-state index is 0.160. The third-order valence-corrected chi connectivity index (χ3v) is 3.68. The molecule has 0 spiro atoms. The first-order valence-electron chi connectivity index (χ1n) is 9.79. The first kappa shape index (κ1) is 27.4. The molecule has 0 radical (unpaired) electrons. The van der Waals surface area contributed by atoms with Gasteiger partial charge in [-0.25, -0.2) is 9.38 Å². The number of hydrogen-bond acceptors (Lipinski definition) is 2. The third kappa shape index (κ3) is 9.09. The maximum atomic E-state index is 14.1. The lowest BCUT2D eigenvalue weighted by atomic mass is 9.90. The van der Waals surface area contributed by atoms with Crippen LogP contribution in [0.25, 0.3) is 0 Å². The topological polar surface area (TPSA) is 38.4 Å². The molecule has 2 rings (SSSR count). The first-order valence-corrected chi connectivity index (χ1v) is 10.4. The van der Waals surface area contributed by atoms with E-state index in [1.807, 2.05) is 72.7 Å². The second kappa shape index (κ2) is 16.4. The summed E-state index contributed by atoms with van der Waals surface area (Å²) in [4.78, 5) is 4.36. The lowest BCUT2D eigenvalue weighted by Gasteiger charge is -2.19. The van der Waals surface area contributed by atoms with Crippen LogP contribution in [0.1, 0.15) is 71.1 Å². The average molecular weight is 393 g/mol. The molecule has 0 aliphatic rings. The predicted molar refractivity (Wildman–Crippen MR) is 124 cm³/mol. The normalized spacial score (nSPS) is 11.0. The molecule has 2 nitrogen and oxygen atoms in total. The number of hydrogen-bond donors (Lipinski definition) is 2. The van der Waals surface area contributed by atoms with Crippen LogP contribution in [0, 0.1) is 12.7 Å². The molecule has 2 aromatic rings. The molecule has 0 aliphatic heterocycles. The zero-order valence-corrected chi connectivity index (χ0v) is 19.1. The quantitative estimate of drug-likeness (QED) is 0.320. The van der Waals surface area contributed by atoms with Gasteiger partial charge in [-0.2, -0.15) is 12.6 Å². The van der Waals surface area contributed by atoms with Gasteiger partial charge in [0.25, 0.3) is 0 Å². The maximum Gasteiger partial charge on any atom is 0.127 e. The van der Waals surface area contributed by atoms with Crippen LogP contribution < -0.4 is 5.73 Å². The summed E-state index contributed by atoms with van der Waals surface area (Å²) in [5, 5.41) is 0. The molecule has 2 aromatic carbocycles. The molecule has 0 aromatic heterocycles. The molecule has 0 bridgehead atoms. The van der Waals surface area contributed by atoms with Gasteiger partial charge < -0.3 is 5.73 Å². The number of nitrogens with two attached hydrogens (primary N) is 1. The smallest absolute Gasteiger partial charge is 0.127 e. The summed E-state index contributed by atoms with van der Waals surface area (Å²) in [5.74, 6) is 0.591. The number of halogens is 1. The van der Waals surface area contributed by atoms with E-state index >= 15 is 0 Å². The van der Waals surface area contributed by atoms with Crippen LogP contribution >= 0.6 is 12.6 Å². The number of amidine groups is 1. The number of thiol groups is 1. The van der Waals surface area contributed by atoms with Crippen molar-refractivity contribution in [2.45, 2.75) is 61.3 Å². The van der Waals surface area contributed by atoms with E-state index in [0.29, 0.717) is 17.2 Å². The highest BCUT2D eigenvalue weighted by Crippen LogP contribution is 2.35. The van der Waals surface area contributed by atoms with Crippen molar-refractivity contribution in [3.05, 3.63) is 65.0 Å². The Morgan fingerprint density at radius 2 is 1.56 bits per heavy atom. The number of aliphatic imine (C=N–C) groups is 1. The van der Waals surface area contributed by atoms with Gasteiger partial charge >= 0.3 is 0 Å². The van der Waals surface area contributed by atoms with Gasteiger partial charge in [0, 0.05) is 11.7 Å². The first-order chi connectivity index (χ1) is 13.0. The second-order valence-corrected chi connectivity index (χ2v) is 5.44. The van der Waals surface area contributed by atoms with Crippen LogP contribution in [-0.2, 0) is 0 Å². The average Bonchev–Trinajstić information content (AvgIpc) is 2.70. The summed E-state index contributed by atoms with van der Waals surface area (Å²) >= 11 is 4.41. The zero-order chi connectivity index (χ0) is 21.4. The Labute approximate surface area is 171 Å². The van der Waals surface area contributed by atoms with Crippen molar-refractivity contribution in [3.8, 4) is 0 Å². The van der Waals surface area contributed by atoms with E-state index in [1.54, 1.807) is 19.1 Å². The molecule has 2 N–H and O–H groups in total. The minimum atomic E-state index is -0.225. The molecule has 0 aliphatic carbocycles. The highest BCUT2D eigenvalue weighted by atomic mass is 32.1. The molecule has 4 heteroatoms. The van der Waals surface area contributed by atoms with Gasteiger partial charge in [-0.15, -0.1) is 0 Å². The van der Waals surface area contributed by atoms with Crippen LogP contribution in [0.4, 0.5) is 10.1 Å². The van der Waals surface area contributed by atoms with Crippen molar-refractivity contribution >= 4 is 24.2 Å². The van der Waals surface area contributed by atoms with Crippen LogP contribution in [0.5, 0.6) is 0 Å². The van der Waals surface area contributed by atoms with E-state index < -0.39 is 0 Å². The molecular weight excluding hydrogens is 355 g/mol. The highest BCUT2D eigenvalue weighted by molar-refractivity contribution is 7.80. The number of nitrogens with zero attached hydrogens (tertiary/aromatic N) is 1. The van der Waals surface area contributed by atoms with Crippen LogP contribution in [0.15, 0.2) is 47.5 Å². The predicted octanol–water partition coefficient (Wildman–Crippen LogP) is 7.28. The highest BCUT2D eigenvalue weighted by Gasteiger charge is 2.19. The Hall–Kier alpha value is -1.81. The Kier molecular flexibility index (Phi) is 16.6. The second-order valence-electron chi connectivity index (χ2n) is 5.07. The van der Waals surface area contributed by atoms with Crippen molar-refractivity contribution in [1.82, 2.24) is 0 Å². The summed E-state index contributed by atoms with van der Waals surface area (Å²) < 4.78 is 14.1. The van der Waals surface area contributed by atoms with E-state index in [2.05, 4.69) is 17.6 Å². The molecule has 0 saturated heterocycles. The molecule has 1 atom stereocenters. The molecule has 27 heavy (non-hydrogen) atoms. The fourth-order valence-electron chi connectivity index (χ4n) is 2.37. The molecule has 0 heterocycles. The van der Waals surface area contributed by atoms with Gasteiger partial charge in [0.2, 0.25) is 0 Å². The van der Waals surface area contributed by atoms with Gasteiger partial charge in [-0.1, -0.05) is 77.4 Å². The Morgan fingerprint density at radius 3 is 2.04 bits per heavy atom. The monoisotopic (exact) mass is 392 g/mol. The van der Waals surface area contributed by atoms with E-state index in [0.717, 1.165) is 16.8 Å².